The highest BCUT2D eigenvalue weighted by molar-refractivity contribution is 9.10. The van der Waals surface area contributed by atoms with E-state index in [4.69, 9.17) is 14.5 Å². The molecule has 0 aliphatic rings. The molecule has 0 saturated heterocycles. The Morgan fingerprint density at radius 3 is 2.70 bits per heavy atom. The molecule has 0 saturated carbocycles. The van der Waals surface area contributed by atoms with Gasteiger partial charge in [-0.25, -0.2) is 9.78 Å². The van der Waals surface area contributed by atoms with Crippen LogP contribution in [0.25, 0.3) is 10.9 Å². The van der Waals surface area contributed by atoms with Crippen LogP contribution in [0.1, 0.15) is 53.1 Å². The molecule has 4 rings (SSSR count). The first-order valence-corrected chi connectivity index (χ1v) is 13.7. The first-order valence-electron chi connectivity index (χ1n) is 13.0. The molecule has 0 aliphatic carbocycles. The van der Waals surface area contributed by atoms with Gasteiger partial charge in [-0.15, -0.1) is 6.58 Å². The number of hydrogen-bond donors (Lipinski definition) is 1. The maximum atomic E-state index is 13.4. The lowest BCUT2D eigenvalue weighted by Gasteiger charge is -2.17. The Morgan fingerprint density at radius 2 is 1.98 bits per heavy atom. The zero-order valence-corrected chi connectivity index (χ0v) is 24.0. The maximum Gasteiger partial charge on any atom is 0.335 e. The van der Waals surface area contributed by atoms with E-state index < -0.39 is 5.97 Å². The van der Waals surface area contributed by atoms with Crippen molar-refractivity contribution in [3.05, 3.63) is 110 Å². The Balaban J connectivity index is 1.73. The molecule has 8 nitrogen and oxygen atoms in total. The Kier molecular flexibility index (Phi) is 9.50. The van der Waals surface area contributed by atoms with Crippen molar-refractivity contribution in [1.82, 2.24) is 9.66 Å². The van der Waals surface area contributed by atoms with Gasteiger partial charge in [-0.05, 0) is 73.4 Å². The van der Waals surface area contributed by atoms with Gasteiger partial charge in [0.2, 0.25) is 0 Å². The highest BCUT2D eigenvalue weighted by Gasteiger charge is 2.15. The fourth-order valence-electron chi connectivity index (χ4n) is 4.27. The minimum Gasteiger partial charge on any atom is -0.490 e. The zero-order valence-electron chi connectivity index (χ0n) is 22.4. The van der Waals surface area contributed by atoms with E-state index >= 15 is 0 Å². The number of aromatic nitrogens is 2. The second kappa shape index (κ2) is 13.2. The molecule has 0 fully saturated rings. The minimum absolute atomic E-state index is 0.160. The van der Waals surface area contributed by atoms with Crippen LogP contribution >= 0.6 is 15.9 Å². The van der Waals surface area contributed by atoms with Crippen LogP contribution in [0.5, 0.6) is 11.5 Å². The third kappa shape index (κ3) is 6.66. The summed E-state index contributed by atoms with van der Waals surface area (Å²) in [6.07, 6.45) is 5.28. The first-order chi connectivity index (χ1) is 19.3. The van der Waals surface area contributed by atoms with E-state index in [1.807, 2.05) is 38.1 Å². The molecule has 0 radical (unpaired) electrons. The fourth-order valence-corrected chi connectivity index (χ4v) is 4.63. The molecule has 9 heteroatoms. The summed E-state index contributed by atoms with van der Waals surface area (Å²) in [5, 5.41) is 14.3. The van der Waals surface area contributed by atoms with E-state index in [0.717, 1.165) is 22.0 Å². The molecule has 4 aromatic rings. The zero-order chi connectivity index (χ0) is 28.6. The summed E-state index contributed by atoms with van der Waals surface area (Å²) in [5.74, 6) is 0.641. The lowest BCUT2D eigenvalue weighted by molar-refractivity contribution is 0.0696. The molecule has 1 aromatic heterocycles. The highest BCUT2D eigenvalue weighted by atomic mass is 79.9. The number of carboxylic acids is 1. The Bertz CT molecular complexity index is 1640. The second-order valence-corrected chi connectivity index (χ2v) is 9.94. The van der Waals surface area contributed by atoms with Gasteiger partial charge in [-0.2, -0.15) is 9.78 Å². The van der Waals surface area contributed by atoms with E-state index in [1.54, 1.807) is 36.6 Å². The van der Waals surface area contributed by atoms with Crippen LogP contribution in [0.15, 0.2) is 81.6 Å². The van der Waals surface area contributed by atoms with Crippen molar-refractivity contribution >= 4 is 39.0 Å². The van der Waals surface area contributed by atoms with Gasteiger partial charge in [0.25, 0.3) is 5.56 Å². The molecule has 206 valence electrons. The summed E-state index contributed by atoms with van der Waals surface area (Å²) in [7, 11) is 0. The van der Waals surface area contributed by atoms with E-state index in [-0.39, 0.29) is 17.7 Å². The monoisotopic (exact) mass is 603 g/mol. The van der Waals surface area contributed by atoms with Gasteiger partial charge in [-0.3, -0.25) is 4.79 Å². The van der Waals surface area contributed by atoms with E-state index in [9.17, 15) is 14.7 Å². The molecule has 0 amide bonds. The first kappa shape index (κ1) is 28.8. The standard InChI is InChI=1S/C31H30BrN3O5/c1-4-8-22-15-21(16-27(39-6-3)29(22)40-19-20-10-7-11-23(14-20)31(37)38)18-33-35-28(9-5-2)34-26-13-12-24(32)17-25(26)30(35)36/h4,7,10-18H,1,5-6,8-9,19H2,2-3H3,(H,37,38). The summed E-state index contributed by atoms with van der Waals surface area (Å²) in [5.41, 5.74) is 2.83. The largest absolute Gasteiger partial charge is 0.490 e. The Hall–Kier alpha value is -4.24. The molecule has 0 unspecified atom stereocenters. The molecular formula is C31H30BrN3O5. The molecule has 0 atom stereocenters. The van der Waals surface area contributed by atoms with Crippen LogP contribution < -0.4 is 15.0 Å². The quantitative estimate of drug-likeness (QED) is 0.148. The average Bonchev–Trinajstić information content (AvgIpc) is 2.93. The van der Waals surface area contributed by atoms with Crippen molar-refractivity contribution < 1.29 is 19.4 Å². The molecule has 1 heterocycles. The van der Waals surface area contributed by atoms with Gasteiger partial charge in [0.15, 0.2) is 11.5 Å². The van der Waals surface area contributed by atoms with E-state index in [1.165, 1.54) is 10.7 Å². The smallest absolute Gasteiger partial charge is 0.335 e. The number of fused-ring (bicyclic) bond motifs is 1. The average molecular weight is 605 g/mol. The summed E-state index contributed by atoms with van der Waals surface area (Å²) < 4.78 is 14.2. The number of carboxylic acid groups (broad SMARTS) is 1. The van der Waals surface area contributed by atoms with Crippen molar-refractivity contribution in [1.29, 1.82) is 0 Å². The van der Waals surface area contributed by atoms with E-state index in [0.29, 0.717) is 53.2 Å². The van der Waals surface area contributed by atoms with E-state index in [2.05, 4.69) is 27.6 Å². The van der Waals surface area contributed by atoms with Gasteiger partial charge >= 0.3 is 5.97 Å². The summed E-state index contributed by atoms with van der Waals surface area (Å²) in [4.78, 5) is 29.4. The summed E-state index contributed by atoms with van der Waals surface area (Å²) in [6.45, 7) is 8.34. The number of nitrogens with zero attached hydrogens (tertiary/aromatic N) is 3. The van der Waals surface area contributed by atoms with Crippen LogP contribution in [0, 0.1) is 0 Å². The number of benzene rings is 3. The number of aromatic carboxylic acids is 1. The normalized spacial score (nSPS) is 11.2. The number of aryl methyl sites for hydroxylation is 1. The molecule has 3 aromatic carbocycles. The van der Waals surface area contributed by atoms with Gasteiger partial charge in [0.1, 0.15) is 12.4 Å². The Morgan fingerprint density at radius 1 is 1.15 bits per heavy atom. The van der Waals surface area contributed by atoms with Gasteiger partial charge in [0.05, 0.1) is 29.3 Å². The predicted octanol–water partition coefficient (Wildman–Crippen LogP) is 6.40. The number of allylic oxidation sites excluding steroid dienone is 1. The number of rotatable bonds is 12. The van der Waals surface area contributed by atoms with Crippen LogP contribution in [0.3, 0.4) is 0 Å². The third-order valence-electron chi connectivity index (χ3n) is 6.05. The second-order valence-electron chi connectivity index (χ2n) is 9.03. The van der Waals surface area contributed by atoms with Crippen LogP contribution in [0.4, 0.5) is 0 Å². The molecule has 0 bridgehead atoms. The maximum absolute atomic E-state index is 13.4. The van der Waals surface area contributed by atoms with Crippen LogP contribution in [0.2, 0.25) is 0 Å². The number of ether oxygens (including phenoxy) is 2. The minimum atomic E-state index is -0.997. The molecule has 0 aliphatic heterocycles. The van der Waals surface area contributed by atoms with Crippen molar-refractivity contribution in [3.8, 4) is 11.5 Å². The third-order valence-corrected chi connectivity index (χ3v) is 6.54. The lowest BCUT2D eigenvalue weighted by Crippen LogP contribution is -2.22. The van der Waals surface area contributed by atoms with Gasteiger partial charge < -0.3 is 14.6 Å². The molecule has 40 heavy (non-hydrogen) atoms. The highest BCUT2D eigenvalue weighted by Crippen LogP contribution is 2.34. The van der Waals surface area contributed by atoms with Crippen LogP contribution in [-0.2, 0) is 19.4 Å². The summed E-state index contributed by atoms with van der Waals surface area (Å²) in [6, 6.07) is 15.8. The number of halogens is 1. The topological polar surface area (TPSA) is 103 Å². The SMILES string of the molecule is C=CCc1cc(C=Nn2c(CCC)nc3ccc(Br)cc3c2=O)cc(OCC)c1OCc1cccc(C(=O)O)c1. The molecular weight excluding hydrogens is 574 g/mol. The van der Waals surface area contributed by atoms with Crippen molar-refractivity contribution in [3.63, 3.8) is 0 Å². The molecule has 1 N–H and O–H groups in total. The van der Waals surface area contributed by atoms with Crippen molar-refractivity contribution in [2.24, 2.45) is 5.10 Å². The predicted molar refractivity (Wildman–Crippen MR) is 160 cm³/mol. The number of hydrogen-bond acceptors (Lipinski definition) is 6. The molecule has 0 spiro atoms. The van der Waals surface area contributed by atoms with Gasteiger partial charge in [0, 0.05) is 16.5 Å². The van der Waals surface area contributed by atoms with Crippen LogP contribution in [-0.4, -0.2) is 33.6 Å². The lowest BCUT2D eigenvalue weighted by atomic mass is 10.1. The van der Waals surface area contributed by atoms with Crippen molar-refractivity contribution in [2.75, 3.05) is 6.61 Å². The summed E-state index contributed by atoms with van der Waals surface area (Å²) >= 11 is 3.43. The fraction of sp³-hybridized carbons (Fsp3) is 0.226. The Labute approximate surface area is 240 Å². The number of carbonyl (C=O) groups is 1. The van der Waals surface area contributed by atoms with Gasteiger partial charge in [-0.1, -0.05) is 41.1 Å². The van der Waals surface area contributed by atoms with Crippen molar-refractivity contribution in [2.45, 2.75) is 39.7 Å².